The SMILES string of the molecule is CS(=O)(=O)CCOc1ccc([N+](=O)[O-])c(Cl)c1. The molecule has 0 aliphatic rings. The summed E-state index contributed by atoms with van der Waals surface area (Å²) in [4.78, 5) is 9.87. The summed E-state index contributed by atoms with van der Waals surface area (Å²) in [6.07, 6.45) is 1.10. The first-order valence-electron chi connectivity index (χ1n) is 4.54. The summed E-state index contributed by atoms with van der Waals surface area (Å²) in [6.45, 7) is -0.0209. The lowest BCUT2D eigenvalue weighted by molar-refractivity contribution is -0.384. The lowest BCUT2D eigenvalue weighted by Gasteiger charge is -2.05. The van der Waals surface area contributed by atoms with Crippen LogP contribution in [0.4, 0.5) is 5.69 Å². The summed E-state index contributed by atoms with van der Waals surface area (Å²) in [6, 6.07) is 3.85. The van der Waals surface area contributed by atoms with Crippen LogP contribution in [-0.2, 0) is 9.84 Å². The molecule has 0 aliphatic carbocycles. The molecule has 0 heterocycles. The molecule has 0 amide bonds. The molecule has 1 rings (SSSR count). The van der Waals surface area contributed by atoms with E-state index in [0.29, 0.717) is 5.75 Å². The number of nitrogens with zero attached hydrogens (tertiary/aromatic N) is 1. The maximum Gasteiger partial charge on any atom is 0.288 e. The molecule has 8 heteroatoms. The van der Waals surface area contributed by atoms with Gasteiger partial charge in [-0.15, -0.1) is 0 Å². The van der Waals surface area contributed by atoms with Gasteiger partial charge in [0.15, 0.2) is 9.84 Å². The Hall–Kier alpha value is -1.34. The average Bonchev–Trinajstić information content (AvgIpc) is 2.15. The normalized spacial score (nSPS) is 11.2. The van der Waals surface area contributed by atoms with Crippen LogP contribution in [0.1, 0.15) is 0 Å². The fourth-order valence-corrected chi connectivity index (χ4v) is 1.66. The predicted molar refractivity (Wildman–Crippen MR) is 63.3 cm³/mol. The Labute approximate surface area is 103 Å². The van der Waals surface area contributed by atoms with E-state index >= 15 is 0 Å². The third-order valence-electron chi connectivity index (χ3n) is 1.84. The van der Waals surface area contributed by atoms with Crippen molar-refractivity contribution < 1.29 is 18.1 Å². The number of hydrogen-bond donors (Lipinski definition) is 0. The molecule has 1 aromatic rings. The smallest absolute Gasteiger partial charge is 0.288 e. The highest BCUT2D eigenvalue weighted by Crippen LogP contribution is 2.28. The molecule has 1 aromatic carbocycles. The van der Waals surface area contributed by atoms with Gasteiger partial charge in [0.1, 0.15) is 17.4 Å². The summed E-state index contributed by atoms with van der Waals surface area (Å²) in [5, 5.41) is 10.4. The second-order valence-electron chi connectivity index (χ2n) is 3.35. The van der Waals surface area contributed by atoms with Crippen LogP contribution in [0.15, 0.2) is 18.2 Å². The van der Waals surface area contributed by atoms with Crippen molar-refractivity contribution in [3.8, 4) is 5.75 Å². The third kappa shape index (κ3) is 4.58. The van der Waals surface area contributed by atoms with E-state index in [9.17, 15) is 18.5 Å². The summed E-state index contributed by atoms with van der Waals surface area (Å²) in [5.41, 5.74) is -0.220. The Morgan fingerprint density at radius 2 is 2.12 bits per heavy atom. The van der Waals surface area contributed by atoms with Gasteiger partial charge >= 0.3 is 0 Å². The van der Waals surface area contributed by atoms with E-state index in [1.807, 2.05) is 0 Å². The van der Waals surface area contributed by atoms with Crippen molar-refractivity contribution >= 4 is 27.1 Å². The molecule has 0 saturated carbocycles. The molecular weight excluding hydrogens is 270 g/mol. The van der Waals surface area contributed by atoms with E-state index in [0.717, 1.165) is 6.26 Å². The number of hydrogen-bond acceptors (Lipinski definition) is 5. The molecule has 0 aliphatic heterocycles. The van der Waals surface area contributed by atoms with Gasteiger partial charge < -0.3 is 4.74 Å². The molecule has 6 nitrogen and oxygen atoms in total. The van der Waals surface area contributed by atoms with E-state index < -0.39 is 14.8 Å². The van der Waals surface area contributed by atoms with E-state index in [2.05, 4.69) is 0 Å². The molecule has 0 spiro atoms. The summed E-state index contributed by atoms with van der Waals surface area (Å²) in [7, 11) is -3.09. The highest BCUT2D eigenvalue weighted by molar-refractivity contribution is 7.90. The Morgan fingerprint density at radius 1 is 1.47 bits per heavy atom. The largest absolute Gasteiger partial charge is 0.492 e. The van der Waals surface area contributed by atoms with E-state index in [4.69, 9.17) is 16.3 Å². The summed E-state index contributed by atoms with van der Waals surface area (Å²) < 4.78 is 26.8. The number of sulfone groups is 1. The maximum atomic E-state index is 10.8. The van der Waals surface area contributed by atoms with Gasteiger partial charge in [0.25, 0.3) is 5.69 Å². The van der Waals surface area contributed by atoms with Gasteiger partial charge in [-0.25, -0.2) is 8.42 Å². The Kier molecular flexibility index (Phi) is 4.30. The van der Waals surface area contributed by atoms with Crippen molar-refractivity contribution in [3.05, 3.63) is 33.3 Å². The second kappa shape index (κ2) is 5.33. The standard InChI is InChI=1S/C9H10ClNO5S/c1-17(14,15)5-4-16-7-2-3-9(11(12)13)8(10)6-7/h2-3,6H,4-5H2,1H3. The second-order valence-corrected chi connectivity index (χ2v) is 6.02. The minimum atomic E-state index is -3.09. The van der Waals surface area contributed by atoms with Crippen molar-refractivity contribution in [2.45, 2.75) is 0 Å². The molecule has 94 valence electrons. The Balaban J connectivity index is 2.68. The third-order valence-corrected chi connectivity index (χ3v) is 3.05. The topological polar surface area (TPSA) is 86.5 Å². The van der Waals surface area contributed by atoms with Gasteiger partial charge in [-0.2, -0.15) is 0 Å². The number of halogens is 1. The zero-order valence-corrected chi connectivity index (χ0v) is 10.5. The van der Waals surface area contributed by atoms with Crippen LogP contribution < -0.4 is 4.74 Å². The van der Waals surface area contributed by atoms with Gasteiger partial charge in [-0.05, 0) is 6.07 Å². The van der Waals surface area contributed by atoms with Crippen molar-refractivity contribution in [3.63, 3.8) is 0 Å². The summed E-state index contributed by atoms with van der Waals surface area (Å²) >= 11 is 5.65. The fourth-order valence-electron chi connectivity index (χ4n) is 1.04. The van der Waals surface area contributed by atoms with Crippen LogP contribution in [0.3, 0.4) is 0 Å². The van der Waals surface area contributed by atoms with Crippen LogP contribution >= 0.6 is 11.6 Å². The molecule has 0 radical (unpaired) electrons. The number of ether oxygens (including phenoxy) is 1. The van der Waals surface area contributed by atoms with Crippen LogP contribution in [0.25, 0.3) is 0 Å². The van der Waals surface area contributed by atoms with Crippen LogP contribution in [0.5, 0.6) is 5.75 Å². The molecule has 17 heavy (non-hydrogen) atoms. The highest BCUT2D eigenvalue weighted by atomic mass is 35.5. The van der Waals surface area contributed by atoms with E-state index in [-0.39, 0.29) is 23.1 Å². The molecule has 0 saturated heterocycles. The molecule has 0 aromatic heterocycles. The van der Waals surface area contributed by atoms with Gasteiger partial charge in [0, 0.05) is 18.4 Å². The maximum absolute atomic E-state index is 10.8. The first-order chi connectivity index (χ1) is 7.79. The molecule has 0 unspecified atom stereocenters. The Morgan fingerprint density at radius 3 is 2.59 bits per heavy atom. The van der Waals surface area contributed by atoms with Crippen LogP contribution in [0.2, 0.25) is 5.02 Å². The van der Waals surface area contributed by atoms with E-state index in [1.165, 1.54) is 18.2 Å². The number of benzene rings is 1. The number of nitro groups is 1. The zero-order chi connectivity index (χ0) is 13.1. The van der Waals surface area contributed by atoms with Crippen molar-refractivity contribution in [1.29, 1.82) is 0 Å². The molecule has 0 atom stereocenters. The molecular formula is C9H10ClNO5S. The van der Waals surface area contributed by atoms with Gasteiger partial charge in [-0.1, -0.05) is 11.6 Å². The number of nitro benzene ring substituents is 1. The lowest BCUT2D eigenvalue weighted by atomic mass is 10.3. The minimum absolute atomic E-state index is 0.0209. The molecule has 0 fully saturated rings. The molecule has 0 N–H and O–H groups in total. The first kappa shape index (κ1) is 13.7. The quantitative estimate of drug-likeness (QED) is 0.604. The Bertz CT molecular complexity index is 528. The van der Waals surface area contributed by atoms with Crippen molar-refractivity contribution in [2.75, 3.05) is 18.6 Å². The fraction of sp³-hybridized carbons (Fsp3) is 0.333. The van der Waals surface area contributed by atoms with Gasteiger partial charge in [-0.3, -0.25) is 10.1 Å². The van der Waals surface area contributed by atoms with Gasteiger partial charge in [0.2, 0.25) is 0 Å². The minimum Gasteiger partial charge on any atom is -0.492 e. The number of rotatable bonds is 5. The molecule has 0 bridgehead atoms. The van der Waals surface area contributed by atoms with Crippen LogP contribution in [0, 0.1) is 10.1 Å². The van der Waals surface area contributed by atoms with Crippen molar-refractivity contribution in [2.24, 2.45) is 0 Å². The zero-order valence-electron chi connectivity index (χ0n) is 8.92. The highest BCUT2D eigenvalue weighted by Gasteiger charge is 2.12. The van der Waals surface area contributed by atoms with Gasteiger partial charge in [0.05, 0.1) is 10.7 Å². The lowest BCUT2D eigenvalue weighted by Crippen LogP contribution is -2.12. The predicted octanol–water partition coefficient (Wildman–Crippen LogP) is 1.67. The van der Waals surface area contributed by atoms with E-state index in [1.54, 1.807) is 0 Å². The first-order valence-corrected chi connectivity index (χ1v) is 6.98. The monoisotopic (exact) mass is 279 g/mol. The average molecular weight is 280 g/mol. The van der Waals surface area contributed by atoms with Crippen molar-refractivity contribution in [1.82, 2.24) is 0 Å². The van der Waals surface area contributed by atoms with Crippen LogP contribution in [-0.4, -0.2) is 32.0 Å². The summed E-state index contributed by atoms with van der Waals surface area (Å²) in [5.74, 6) is 0.172.